The zero-order valence-electron chi connectivity index (χ0n) is 37.3. The fourth-order valence-corrected chi connectivity index (χ4v) is 8.49. The van der Waals surface area contributed by atoms with E-state index in [2.05, 4.69) is 164 Å². The summed E-state index contributed by atoms with van der Waals surface area (Å²) >= 11 is 0. The van der Waals surface area contributed by atoms with Crippen LogP contribution < -0.4 is 14.5 Å². The number of anilines is 4. The van der Waals surface area contributed by atoms with Gasteiger partial charge in [0.25, 0.3) is 0 Å². The Morgan fingerprint density at radius 1 is 0.574 bits per heavy atom. The van der Waals surface area contributed by atoms with Crippen molar-refractivity contribution in [1.29, 1.82) is 0 Å². The van der Waals surface area contributed by atoms with Crippen LogP contribution in [0.5, 0.6) is 11.5 Å². The Balaban J connectivity index is 0.00000518. The molecule has 0 saturated heterocycles. The predicted molar refractivity (Wildman–Crippen MR) is 246 cm³/mol. The van der Waals surface area contributed by atoms with Crippen molar-refractivity contribution in [2.75, 3.05) is 9.80 Å². The van der Waals surface area contributed by atoms with Crippen LogP contribution in [0, 0.1) is 25.7 Å². The molecule has 0 aliphatic carbocycles. The molecule has 2 aromatic heterocycles. The third-order valence-electron chi connectivity index (χ3n) is 12.0. The maximum atomic E-state index is 8.03. The third kappa shape index (κ3) is 7.21. The van der Waals surface area contributed by atoms with E-state index in [0.29, 0.717) is 17.3 Å². The molecule has 6 heteroatoms. The van der Waals surface area contributed by atoms with Gasteiger partial charge in [-0.25, -0.2) is 4.98 Å². The van der Waals surface area contributed by atoms with E-state index in [-0.39, 0.29) is 37.5 Å². The number of nitrogens with zero attached hydrogens (tertiary/aromatic N) is 4. The van der Waals surface area contributed by atoms with Gasteiger partial charge < -0.3 is 19.1 Å². The standard InChI is InChI=1S/C55H45N4O.Pt/c1-38-29-30-56-53(31-38)59-49-24-13-12-23-47(49)48-28-27-46(36-52(48)59)60-45-22-16-21-43(35-45)57-37-58(51-26-15-14-25-50(51)57)44-33-41(54(2,3)39-17-8-6-9-18-39)32-42(34-44)55(4,5)40-19-10-7-11-20-40;/h6-34,37H,1-5H3;/q-3;/i1D3;. The normalized spacial score (nSPS) is 13.7. The van der Waals surface area contributed by atoms with Crippen molar-refractivity contribution in [3.05, 3.63) is 223 Å². The van der Waals surface area contributed by atoms with E-state index in [1.54, 1.807) is 12.3 Å². The number of hydrogen-bond acceptors (Lipinski definition) is 4. The zero-order chi connectivity index (χ0) is 43.5. The van der Waals surface area contributed by atoms with E-state index in [0.717, 1.165) is 44.6 Å². The molecule has 0 unspecified atom stereocenters. The first-order valence-corrected chi connectivity index (χ1v) is 20.3. The molecule has 61 heavy (non-hydrogen) atoms. The summed E-state index contributed by atoms with van der Waals surface area (Å²) in [6.07, 6.45) is 1.54. The molecular formula is C55H45N4OPt-3. The fraction of sp³-hybridized carbons (Fsp3) is 0.127. The van der Waals surface area contributed by atoms with E-state index >= 15 is 0 Å². The van der Waals surface area contributed by atoms with Crippen molar-refractivity contribution in [1.82, 2.24) is 9.55 Å². The number of aryl methyl sites for hydroxylation is 1. The van der Waals surface area contributed by atoms with Gasteiger partial charge in [0.1, 0.15) is 5.82 Å². The van der Waals surface area contributed by atoms with Gasteiger partial charge in [0.2, 0.25) is 0 Å². The minimum atomic E-state index is -2.27. The summed E-state index contributed by atoms with van der Waals surface area (Å²) in [5.74, 6) is 1.51. The minimum absolute atomic E-state index is 0. The van der Waals surface area contributed by atoms with Gasteiger partial charge in [-0.2, -0.15) is 12.1 Å². The molecule has 304 valence electrons. The molecule has 7 aromatic carbocycles. The number of aromatic nitrogens is 2. The van der Waals surface area contributed by atoms with Crippen LogP contribution in [0.2, 0.25) is 0 Å². The molecule has 0 N–H and O–H groups in total. The van der Waals surface area contributed by atoms with Crippen molar-refractivity contribution in [3.8, 4) is 17.3 Å². The molecule has 5 nitrogen and oxygen atoms in total. The van der Waals surface area contributed by atoms with Crippen LogP contribution in [0.1, 0.15) is 59.6 Å². The van der Waals surface area contributed by atoms with Crippen molar-refractivity contribution in [2.24, 2.45) is 0 Å². The van der Waals surface area contributed by atoms with Crippen LogP contribution in [0.3, 0.4) is 0 Å². The number of hydrogen-bond donors (Lipinski definition) is 0. The molecule has 9 aromatic rings. The van der Waals surface area contributed by atoms with Crippen molar-refractivity contribution < 1.29 is 29.9 Å². The van der Waals surface area contributed by atoms with Gasteiger partial charge >= 0.3 is 0 Å². The van der Waals surface area contributed by atoms with Crippen molar-refractivity contribution in [2.45, 2.75) is 45.4 Å². The average molecular weight is 976 g/mol. The molecule has 1 aliphatic rings. The first kappa shape index (κ1) is 36.4. The minimum Gasteiger partial charge on any atom is -0.509 e. The molecule has 0 spiro atoms. The van der Waals surface area contributed by atoms with Gasteiger partial charge in [-0.05, 0) is 82.5 Å². The number of para-hydroxylation sites is 3. The summed E-state index contributed by atoms with van der Waals surface area (Å²) in [6.45, 7) is 9.09. The van der Waals surface area contributed by atoms with Crippen LogP contribution in [-0.4, -0.2) is 9.55 Å². The quantitative estimate of drug-likeness (QED) is 0.135. The van der Waals surface area contributed by atoms with Crippen LogP contribution in [-0.2, 0) is 31.9 Å². The largest absolute Gasteiger partial charge is 0.509 e. The first-order valence-electron chi connectivity index (χ1n) is 21.8. The molecule has 10 rings (SSSR count). The topological polar surface area (TPSA) is 33.5 Å². The smallest absolute Gasteiger partial charge is 0.135 e. The van der Waals surface area contributed by atoms with Crippen LogP contribution in [0.4, 0.5) is 22.7 Å². The average Bonchev–Trinajstić information content (AvgIpc) is 3.85. The molecule has 0 radical (unpaired) electrons. The molecule has 1 aliphatic heterocycles. The molecule has 0 fully saturated rings. The van der Waals surface area contributed by atoms with Crippen LogP contribution >= 0.6 is 0 Å². The zero-order valence-corrected chi connectivity index (χ0v) is 36.6. The van der Waals surface area contributed by atoms with E-state index in [4.69, 9.17) is 8.85 Å². The number of fused-ring (bicyclic) bond motifs is 4. The van der Waals surface area contributed by atoms with Crippen LogP contribution in [0.25, 0.3) is 27.6 Å². The van der Waals surface area contributed by atoms with E-state index in [1.165, 1.54) is 28.3 Å². The summed E-state index contributed by atoms with van der Waals surface area (Å²) in [7, 11) is 0. The summed E-state index contributed by atoms with van der Waals surface area (Å²) in [6, 6.07) is 65.0. The number of rotatable bonds is 9. The van der Waals surface area contributed by atoms with Crippen molar-refractivity contribution >= 4 is 44.6 Å². The first-order chi connectivity index (χ1) is 30.4. The van der Waals surface area contributed by atoms with E-state index in [9.17, 15) is 0 Å². The molecule has 0 atom stereocenters. The maximum Gasteiger partial charge on any atom is 0.135 e. The molecule has 0 amide bonds. The Bertz CT molecular complexity index is 3080. The Kier molecular flexibility index (Phi) is 9.48. The predicted octanol–water partition coefficient (Wildman–Crippen LogP) is 13.9. The van der Waals surface area contributed by atoms with Gasteiger partial charge in [0.05, 0.1) is 0 Å². The van der Waals surface area contributed by atoms with Crippen LogP contribution in [0.15, 0.2) is 176 Å². The third-order valence-corrected chi connectivity index (χ3v) is 12.0. The summed E-state index contributed by atoms with van der Waals surface area (Å²) in [5, 5.41) is 1.95. The summed E-state index contributed by atoms with van der Waals surface area (Å²) in [5.41, 5.74) is 10.2. The Morgan fingerprint density at radius 2 is 1.20 bits per heavy atom. The second-order valence-electron chi connectivity index (χ2n) is 16.4. The second kappa shape index (κ2) is 15.9. The van der Waals surface area contributed by atoms with Gasteiger partial charge in [0.15, 0.2) is 0 Å². The van der Waals surface area contributed by atoms with E-state index in [1.807, 2.05) is 59.2 Å². The Hall–Kier alpha value is -6.42. The molecule has 3 heterocycles. The fourth-order valence-electron chi connectivity index (χ4n) is 8.49. The monoisotopic (exact) mass is 975 g/mol. The van der Waals surface area contributed by atoms with Gasteiger partial charge in [-0.15, -0.1) is 48.1 Å². The second-order valence-corrected chi connectivity index (χ2v) is 16.4. The summed E-state index contributed by atoms with van der Waals surface area (Å²) in [4.78, 5) is 9.05. The number of pyridine rings is 1. The SMILES string of the molecule is [2H]C([2H])([2H])c1ccnc(-n2c3[c-]c(Oc4[c-]c(N5[CH-]N(c6cc(C(C)(C)c7ccccc7)cc(C(C)(C)c7ccccc7)c6)c6ccccc65)ccc4)ccc3c3ccccc32)c1.[Pt]. The van der Waals surface area contributed by atoms with Crippen molar-refractivity contribution in [3.63, 3.8) is 0 Å². The number of ether oxygens (including phenoxy) is 1. The van der Waals surface area contributed by atoms with E-state index < -0.39 is 6.85 Å². The Labute approximate surface area is 377 Å². The summed E-state index contributed by atoms with van der Waals surface area (Å²) < 4.78 is 32.6. The van der Waals surface area contributed by atoms with Gasteiger partial charge in [0, 0.05) is 76.3 Å². The molecular weight excluding hydrogens is 928 g/mol. The van der Waals surface area contributed by atoms with Gasteiger partial charge in [-0.3, -0.25) is 0 Å². The Morgan fingerprint density at radius 3 is 1.89 bits per heavy atom. The molecule has 0 bridgehead atoms. The number of benzene rings is 7. The van der Waals surface area contributed by atoms with Gasteiger partial charge in [-0.1, -0.05) is 130 Å². The molecule has 0 saturated carbocycles. The maximum absolute atomic E-state index is 8.03.